The second kappa shape index (κ2) is 11.8. The number of likely N-dealkylation sites (tertiary alicyclic amines) is 1. The van der Waals surface area contributed by atoms with Gasteiger partial charge in [0.1, 0.15) is 23.4 Å². The molecule has 0 spiro atoms. The standard InChI is InChI=1S/C31H33ClN6O5/c1-36-14-20(11-22(16-36)34-25-13-33-37(2)31(42)28(25)32)19-5-3-18(4-6-19)17-43-23-7-8-24-21(12-23)15-38(30(24)41)26-9-10-27(39)35-29(26)40/h3-8,12-13,20,22,26,34H,9-11,14-17H2,1-2H3,(H,35,39,40)/t20-,22+,26?/m1/s1. The molecule has 3 aliphatic rings. The Morgan fingerprint density at radius 2 is 1.86 bits per heavy atom. The lowest BCUT2D eigenvalue weighted by molar-refractivity contribution is -0.136. The van der Waals surface area contributed by atoms with Crippen LogP contribution in [0.15, 0.2) is 53.5 Å². The largest absolute Gasteiger partial charge is 0.489 e. The summed E-state index contributed by atoms with van der Waals surface area (Å²) in [6.07, 6.45) is 3.03. The summed E-state index contributed by atoms with van der Waals surface area (Å²) in [5.41, 5.74) is 3.82. The number of rotatable bonds is 7. The van der Waals surface area contributed by atoms with Crippen molar-refractivity contribution in [3.63, 3.8) is 0 Å². The number of carbonyl (C=O) groups is 3. The van der Waals surface area contributed by atoms with Crippen molar-refractivity contribution < 1.29 is 19.1 Å². The van der Waals surface area contributed by atoms with Crippen LogP contribution in [0.5, 0.6) is 5.75 Å². The molecule has 12 heteroatoms. The Morgan fingerprint density at radius 3 is 2.63 bits per heavy atom. The van der Waals surface area contributed by atoms with Gasteiger partial charge in [-0.25, -0.2) is 4.68 Å². The monoisotopic (exact) mass is 604 g/mol. The summed E-state index contributed by atoms with van der Waals surface area (Å²) >= 11 is 6.28. The molecule has 1 unspecified atom stereocenters. The van der Waals surface area contributed by atoms with Crippen LogP contribution in [0.3, 0.4) is 0 Å². The fourth-order valence-electron chi connectivity index (χ4n) is 6.19. The summed E-state index contributed by atoms with van der Waals surface area (Å²) in [5, 5.41) is 9.98. The van der Waals surface area contributed by atoms with Crippen LogP contribution < -0.4 is 20.9 Å². The molecular formula is C31H33ClN6O5. The van der Waals surface area contributed by atoms with Crippen LogP contribution in [0.2, 0.25) is 5.02 Å². The first kappa shape index (κ1) is 28.9. The molecule has 0 aliphatic carbocycles. The number of nitrogens with one attached hydrogen (secondary N) is 2. The predicted molar refractivity (Wildman–Crippen MR) is 160 cm³/mol. The number of hydrogen-bond donors (Lipinski definition) is 2. The van der Waals surface area contributed by atoms with E-state index in [1.807, 2.05) is 6.07 Å². The third kappa shape index (κ3) is 6.00. The summed E-state index contributed by atoms with van der Waals surface area (Å²) in [6, 6.07) is 13.2. The van der Waals surface area contributed by atoms with E-state index in [2.05, 4.69) is 51.9 Å². The fourth-order valence-corrected chi connectivity index (χ4v) is 6.42. The predicted octanol–water partition coefficient (Wildman–Crippen LogP) is 2.67. The smallest absolute Gasteiger partial charge is 0.287 e. The highest BCUT2D eigenvalue weighted by atomic mass is 35.5. The van der Waals surface area contributed by atoms with Crippen LogP contribution in [-0.4, -0.2) is 69.5 Å². The molecule has 2 N–H and O–H groups in total. The molecule has 43 heavy (non-hydrogen) atoms. The average molecular weight is 605 g/mol. The highest BCUT2D eigenvalue weighted by Crippen LogP contribution is 2.32. The Kier molecular flexibility index (Phi) is 7.93. The SMILES string of the molecule is CN1C[C@@H](Nc2cnn(C)c(=O)c2Cl)C[C@@H](c2ccc(COc3ccc4c(c3)CN(C3CCC(=O)NC3=O)C4=O)cc2)C1. The van der Waals surface area contributed by atoms with Gasteiger partial charge in [-0.05, 0) is 60.7 Å². The zero-order valence-corrected chi connectivity index (χ0v) is 24.8. The van der Waals surface area contributed by atoms with Gasteiger partial charge >= 0.3 is 0 Å². The summed E-state index contributed by atoms with van der Waals surface area (Å²) in [4.78, 5) is 52.7. The van der Waals surface area contributed by atoms with Gasteiger partial charge in [-0.3, -0.25) is 24.5 Å². The van der Waals surface area contributed by atoms with E-state index in [4.69, 9.17) is 16.3 Å². The maximum absolute atomic E-state index is 12.9. The number of ether oxygens (including phenoxy) is 1. The van der Waals surface area contributed by atoms with E-state index in [1.165, 1.54) is 15.1 Å². The number of hydrogen-bond acceptors (Lipinski definition) is 8. The number of aromatic nitrogens is 2. The number of aryl methyl sites for hydroxylation is 1. The van der Waals surface area contributed by atoms with Crippen molar-refractivity contribution in [2.45, 2.75) is 50.4 Å². The second-order valence-electron chi connectivity index (χ2n) is 11.5. The van der Waals surface area contributed by atoms with Crippen molar-refractivity contribution in [2.75, 3.05) is 25.5 Å². The molecule has 3 amide bonds. The Bertz CT molecular complexity index is 1640. The van der Waals surface area contributed by atoms with Crippen LogP contribution in [-0.2, 0) is 29.8 Å². The Labute approximate surface area is 253 Å². The molecule has 224 valence electrons. The minimum atomic E-state index is -0.641. The first-order valence-corrected chi connectivity index (χ1v) is 14.7. The van der Waals surface area contributed by atoms with Gasteiger partial charge < -0.3 is 19.9 Å². The number of amides is 3. The van der Waals surface area contributed by atoms with E-state index in [0.717, 1.165) is 30.6 Å². The number of likely N-dealkylation sites (N-methyl/N-ethyl adjacent to an activating group) is 1. The fraction of sp³-hybridized carbons (Fsp3) is 0.387. The van der Waals surface area contributed by atoms with Crippen LogP contribution in [0.25, 0.3) is 0 Å². The van der Waals surface area contributed by atoms with E-state index in [1.54, 1.807) is 25.4 Å². The molecule has 6 rings (SSSR count). The number of benzene rings is 2. The van der Waals surface area contributed by atoms with Crippen molar-refractivity contribution in [3.8, 4) is 5.75 Å². The summed E-state index contributed by atoms with van der Waals surface area (Å²) in [5.74, 6) is 0.0135. The molecule has 2 saturated heterocycles. The molecule has 3 atom stereocenters. The van der Waals surface area contributed by atoms with Crippen molar-refractivity contribution in [3.05, 3.63) is 86.3 Å². The molecule has 3 aromatic rings. The van der Waals surface area contributed by atoms with Crippen LogP contribution in [0, 0.1) is 0 Å². The molecule has 0 radical (unpaired) electrons. The number of halogens is 1. The van der Waals surface area contributed by atoms with E-state index >= 15 is 0 Å². The van der Waals surface area contributed by atoms with Crippen molar-refractivity contribution in [1.29, 1.82) is 0 Å². The molecule has 0 bridgehead atoms. The molecule has 0 saturated carbocycles. The number of nitrogens with zero attached hydrogens (tertiary/aromatic N) is 4. The zero-order valence-electron chi connectivity index (χ0n) is 24.0. The van der Waals surface area contributed by atoms with Crippen LogP contribution >= 0.6 is 11.6 Å². The first-order chi connectivity index (χ1) is 20.7. The Hall–Kier alpha value is -4.22. The lowest BCUT2D eigenvalue weighted by Crippen LogP contribution is -2.52. The van der Waals surface area contributed by atoms with Gasteiger partial charge in [0, 0.05) is 44.7 Å². The number of piperidine rings is 2. The maximum Gasteiger partial charge on any atom is 0.287 e. The van der Waals surface area contributed by atoms with E-state index in [0.29, 0.717) is 42.5 Å². The molecule has 4 heterocycles. The second-order valence-corrected chi connectivity index (χ2v) is 11.9. The van der Waals surface area contributed by atoms with Gasteiger partial charge in [0.2, 0.25) is 11.8 Å². The Morgan fingerprint density at radius 1 is 1.07 bits per heavy atom. The molecule has 1 aromatic heterocycles. The Balaban J connectivity index is 1.06. The zero-order chi connectivity index (χ0) is 30.2. The minimum absolute atomic E-state index is 0.107. The molecule has 3 aliphatic heterocycles. The lowest BCUT2D eigenvalue weighted by Gasteiger charge is -2.36. The summed E-state index contributed by atoms with van der Waals surface area (Å²) < 4.78 is 7.29. The van der Waals surface area contributed by atoms with Gasteiger partial charge in [-0.1, -0.05) is 35.9 Å². The van der Waals surface area contributed by atoms with Crippen molar-refractivity contribution in [1.82, 2.24) is 24.9 Å². The number of carbonyl (C=O) groups excluding carboxylic acids is 3. The van der Waals surface area contributed by atoms with Crippen molar-refractivity contribution in [2.24, 2.45) is 7.05 Å². The van der Waals surface area contributed by atoms with E-state index in [9.17, 15) is 19.2 Å². The normalized spacial score (nSPS) is 22.3. The first-order valence-electron chi connectivity index (χ1n) is 14.3. The molecule has 11 nitrogen and oxygen atoms in total. The van der Waals surface area contributed by atoms with Crippen LogP contribution in [0.4, 0.5) is 5.69 Å². The lowest BCUT2D eigenvalue weighted by atomic mass is 9.88. The summed E-state index contributed by atoms with van der Waals surface area (Å²) in [6.45, 7) is 2.42. The molecule has 2 fully saturated rings. The minimum Gasteiger partial charge on any atom is -0.489 e. The molecule has 2 aromatic carbocycles. The topological polar surface area (TPSA) is 126 Å². The van der Waals surface area contributed by atoms with Gasteiger partial charge in [-0.2, -0.15) is 5.10 Å². The van der Waals surface area contributed by atoms with E-state index < -0.39 is 11.9 Å². The van der Waals surface area contributed by atoms with Crippen molar-refractivity contribution >= 4 is 35.0 Å². The molecular weight excluding hydrogens is 572 g/mol. The highest BCUT2D eigenvalue weighted by Gasteiger charge is 2.39. The number of imide groups is 1. The van der Waals surface area contributed by atoms with Gasteiger partial charge in [0.15, 0.2) is 0 Å². The van der Waals surface area contributed by atoms with Crippen LogP contribution in [0.1, 0.15) is 52.2 Å². The third-order valence-electron chi connectivity index (χ3n) is 8.42. The van der Waals surface area contributed by atoms with Gasteiger partial charge in [0.05, 0.1) is 11.9 Å². The number of anilines is 1. The summed E-state index contributed by atoms with van der Waals surface area (Å²) in [7, 11) is 3.66. The van der Waals surface area contributed by atoms with Gasteiger partial charge in [-0.15, -0.1) is 0 Å². The highest BCUT2D eigenvalue weighted by molar-refractivity contribution is 6.32. The van der Waals surface area contributed by atoms with Gasteiger partial charge in [0.25, 0.3) is 11.5 Å². The maximum atomic E-state index is 12.9. The third-order valence-corrected chi connectivity index (χ3v) is 8.79. The number of fused-ring (bicyclic) bond motifs is 1. The quantitative estimate of drug-likeness (QED) is 0.394. The van der Waals surface area contributed by atoms with E-state index in [-0.39, 0.29) is 34.9 Å². The average Bonchev–Trinajstić information content (AvgIpc) is 3.31.